The Kier molecular flexibility index (Phi) is 6.22. The van der Waals surface area contributed by atoms with Crippen LogP contribution in [-0.2, 0) is 11.2 Å². The van der Waals surface area contributed by atoms with Gasteiger partial charge in [-0.15, -0.1) is 0 Å². The van der Waals surface area contributed by atoms with Crippen molar-refractivity contribution in [1.29, 1.82) is 0 Å². The molecule has 0 aromatic heterocycles. The lowest BCUT2D eigenvalue weighted by atomic mass is 9.92. The van der Waals surface area contributed by atoms with E-state index in [9.17, 15) is 18.0 Å². The number of carbonyl (C=O) groups is 1. The molecule has 1 heterocycles. The molecular weight excluding hydrogens is 377 g/mol. The van der Waals surface area contributed by atoms with E-state index >= 15 is 0 Å². The molecule has 2 aromatic rings. The minimum absolute atomic E-state index is 0.00860. The van der Waals surface area contributed by atoms with Crippen molar-refractivity contribution >= 4 is 16.7 Å². The summed E-state index contributed by atoms with van der Waals surface area (Å²) in [6.45, 7) is 5.47. The Morgan fingerprint density at radius 2 is 1.86 bits per heavy atom. The molecule has 1 unspecified atom stereocenters. The van der Waals surface area contributed by atoms with Crippen molar-refractivity contribution in [3.05, 3.63) is 47.5 Å². The molecule has 158 valence electrons. The number of hydrogen-bond donors (Lipinski definition) is 1. The van der Waals surface area contributed by atoms with Crippen molar-refractivity contribution < 1.29 is 18.0 Å². The van der Waals surface area contributed by atoms with E-state index in [-0.39, 0.29) is 18.0 Å². The molecule has 1 atom stereocenters. The van der Waals surface area contributed by atoms with E-state index < -0.39 is 17.6 Å². The molecule has 1 aliphatic heterocycles. The number of amides is 1. The third kappa shape index (κ3) is 4.74. The Labute approximate surface area is 170 Å². The summed E-state index contributed by atoms with van der Waals surface area (Å²) in [5, 5.41) is 2.85. The Morgan fingerprint density at radius 1 is 1.14 bits per heavy atom. The van der Waals surface area contributed by atoms with Crippen LogP contribution in [0, 0.1) is 5.41 Å². The lowest BCUT2D eigenvalue weighted by molar-refractivity contribution is -0.191. The summed E-state index contributed by atoms with van der Waals surface area (Å²) < 4.78 is 42.4. The number of benzene rings is 2. The number of rotatable bonds is 7. The van der Waals surface area contributed by atoms with Crippen LogP contribution < -0.4 is 5.43 Å². The van der Waals surface area contributed by atoms with Gasteiger partial charge in [0.1, 0.15) is 6.04 Å². The summed E-state index contributed by atoms with van der Waals surface area (Å²) in [4.78, 5) is 12.1. The number of hydrogen-bond acceptors (Lipinski definition) is 2. The number of carbonyl (C=O) groups excluding carboxylic acids is 1. The number of nitrogens with one attached hydrogen (secondary N) is 1. The first kappa shape index (κ1) is 21.6. The minimum Gasteiger partial charge on any atom is -0.287 e. The van der Waals surface area contributed by atoms with E-state index in [1.807, 2.05) is 24.3 Å². The summed E-state index contributed by atoms with van der Waals surface area (Å²) in [6.07, 6.45) is 0.491. The van der Waals surface area contributed by atoms with Gasteiger partial charge in [0.05, 0.1) is 5.41 Å². The van der Waals surface area contributed by atoms with Crippen LogP contribution >= 0.6 is 0 Å². The van der Waals surface area contributed by atoms with Gasteiger partial charge in [0.2, 0.25) is 5.91 Å². The van der Waals surface area contributed by atoms with Crippen molar-refractivity contribution in [2.24, 2.45) is 5.41 Å². The summed E-state index contributed by atoms with van der Waals surface area (Å²) in [5.41, 5.74) is 2.71. The molecule has 3 nitrogen and oxygen atoms in total. The summed E-state index contributed by atoms with van der Waals surface area (Å²) in [6, 6.07) is 9.02. The SMILES string of the molecule is CCCCCCc1cc(C(N2CC(C)(C)C(=O)N2)C(F)(F)F)cc2ccccc12. The maximum Gasteiger partial charge on any atom is 0.409 e. The number of fused-ring (bicyclic) bond motifs is 1. The Bertz CT molecular complexity index is 876. The topological polar surface area (TPSA) is 32.3 Å². The zero-order valence-corrected chi connectivity index (χ0v) is 17.3. The van der Waals surface area contributed by atoms with Crippen LogP contribution in [0.15, 0.2) is 36.4 Å². The fourth-order valence-electron chi connectivity index (χ4n) is 4.04. The van der Waals surface area contributed by atoms with Gasteiger partial charge in [-0.1, -0.05) is 56.5 Å². The van der Waals surface area contributed by atoms with Gasteiger partial charge in [0, 0.05) is 6.54 Å². The average molecular weight is 406 g/mol. The zero-order chi connectivity index (χ0) is 21.2. The van der Waals surface area contributed by atoms with Crippen LogP contribution in [-0.4, -0.2) is 23.6 Å². The highest BCUT2D eigenvalue weighted by atomic mass is 19.4. The highest BCUT2D eigenvalue weighted by Gasteiger charge is 2.51. The van der Waals surface area contributed by atoms with Crippen molar-refractivity contribution in [2.45, 2.75) is 65.1 Å². The predicted molar refractivity (Wildman–Crippen MR) is 109 cm³/mol. The zero-order valence-electron chi connectivity index (χ0n) is 17.3. The standard InChI is InChI=1S/C23H29F3N2O/c1-4-5-6-7-10-16-13-18(14-17-11-8-9-12-19(16)17)20(23(24,25)26)28-15-22(2,3)21(29)27-28/h8-9,11-14,20H,4-7,10,15H2,1-3H3,(H,27,29). The van der Waals surface area contributed by atoms with Crippen LogP contribution in [0.1, 0.15) is 63.6 Å². The molecule has 1 aliphatic rings. The molecule has 29 heavy (non-hydrogen) atoms. The van der Waals surface area contributed by atoms with Crippen LogP contribution in [0.2, 0.25) is 0 Å². The summed E-state index contributed by atoms with van der Waals surface area (Å²) in [7, 11) is 0. The van der Waals surface area contributed by atoms with Crippen molar-refractivity contribution in [3.63, 3.8) is 0 Å². The molecular formula is C23H29F3N2O. The van der Waals surface area contributed by atoms with Crippen molar-refractivity contribution in [3.8, 4) is 0 Å². The van der Waals surface area contributed by atoms with Gasteiger partial charge in [0.25, 0.3) is 0 Å². The lowest BCUT2D eigenvalue weighted by Gasteiger charge is -2.30. The molecule has 0 aliphatic carbocycles. The smallest absolute Gasteiger partial charge is 0.287 e. The van der Waals surface area contributed by atoms with Gasteiger partial charge in [-0.05, 0) is 54.7 Å². The highest BCUT2D eigenvalue weighted by molar-refractivity contribution is 5.87. The molecule has 1 amide bonds. The van der Waals surface area contributed by atoms with E-state index in [2.05, 4.69) is 12.3 Å². The van der Waals surface area contributed by atoms with Crippen LogP contribution in [0.3, 0.4) is 0 Å². The minimum atomic E-state index is -4.50. The fraction of sp³-hybridized carbons (Fsp3) is 0.522. The van der Waals surface area contributed by atoms with E-state index in [0.29, 0.717) is 0 Å². The first-order chi connectivity index (χ1) is 13.6. The Balaban J connectivity index is 2.02. The summed E-state index contributed by atoms with van der Waals surface area (Å²) >= 11 is 0. The largest absolute Gasteiger partial charge is 0.409 e. The average Bonchev–Trinajstić information content (AvgIpc) is 2.89. The molecule has 1 N–H and O–H groups in total. The van der Waals surface area contributed by atoms with E-state index in [1.165, 1.54) is 0 Å². The molecule has 0 saturated carbocycles. The van der Waals surface area contributed by atoms with E-state index in [0.717, 1.165) is 53.4 Å². The third-order valence-electron chi connectivity index (χ3n) is 5.63. The molecule has 6 heteroatoms. The number of unbranched alkanes of at least 4 members (excludes halogenated alkanes) is 3. The predicted octanol–water partition coefficient (Wildman–Crippen LogP) is 5.94. The maximum absolute atomic E-state index is 14.1. The molecule has 1 fully saturated rings. The van der Waals surface area contributed by atoms with Crippen molar-refractivity contribution in [1.82, 2.24) is 10.4 Å². The lowest BCUT2D eigenvalue weighted by Crippen LogP contribution is -2.43. The normalized spacial score (nSPS) is 18.2. The monoisotopic (exact) mass is 406 g/mol. The van der Waals surface area contributed by atoms with Crippen molar-refractivity contribution in [2.75, 3.05) is 6.54 Å². The molecule has 2 aromatic carbocycles. The second-order valence-corrected chi connectivity index (χ2v) is 8.61. The molecule has 0 bridgehead atoms. The third-order valence-corrected chi connectivity index (χ3v) is 5.63. The Hall–Kier alpha value is -2.08. The van der Waals surface area contributed by atoms with E-state index in [4.69, 9.17) is 0 Å². The molecule has 0 spiro atoms. The van der Waals surface area contributed by atoms with Crippen LogP contribution in [0.4, 0.5) is 13.2 Å². The van der Waals surface area contributed by atoms with Gasteiger partial charge in [0.15, 0.2) is 0 Å². The van der Waals surface area contributed by atoms with Gasteiger partial charge < -0.3 is 0 Å². The molecule has 1 saturated heterocycles. The first-order valence-electron chi connectivity index (χ1n) is 10.3. The van der Waals surface area contributed by atoms with Gasteiger partial charge in [-0.3, -0.25) is 10.2 Å². The van der Waals surface area contributed by atoms with Gasteiger partial charge in [-0.25, -0.2) is 5.01 Å². The number of hydrazine groups is 1. The number of nitrogens with zero attached hydrogens (tertiary/aromatic N) is 1. The van der Waals surface area contributed by atoms with Crippen LogP contribution in [0.25, 0.3) is 10.8 Å². The fourth-order valence-corrected chi connectivity index (χ4v) is 4.04. The summed E-state index contributed by atoms with van der Waals surface area (Å²) in [5.74, 6) is -0.382. The van der Waals surface area contributed by atoms with Crippen LogP contribution in [0.5, 0.6) is 0 Å². The first-order valence-corrected chi connectivity index (χ1v) is 10.3. The maximum atomic E-state index is 14.1. The molecule has 3 rings (SSSR count). The number of alkyl halides is 3. The Morgan fingerprint density at radius 3 is 2.48 bits per heavy atom. The van der Waals surface area contributed by atoms with Gasteiger partial charge >= 0.3 is 6.18 Å². The van der Waals surface area contributed by atoms with Gasteiger partial charge in [-0.2, -0.15) is 13.2 Å². The second kappa shape index (κ2) is 8.34. The number of halogens is 3. The highest BCUT2D eigenvalue weighted by Crippen LogP contribution is 2.42. The number of aryl methyl sites for hydroxylation is 1. The second-order valence-electron chi connectivity index (χ2n) is 8.61. The van der Waals surface area contributed by atoms with E-state index in [1.54, 1.807) is 26.0 Å². The quantitative estimate of drug-likeness (QED) is 0.577. The molecule has 0 radical (unpaired) electrons.